The molecule has 0 saturated carbocycles. The molecule has 0 unspecified atom stereocenters. The van der Waals surface area contributed by atoms with Crippen molar-refractivity contribution in [2.45, 2.75) is 37.7 Å². The van der Waals surface area contributed by atoms with Crippen molar-refractivity contribution in [3.8, 4) is 6.07 Å². The third-order valence-electron chi connectivity index (χ3n) is 4.14. The first-order valence-corrected chi connectivity index (χ1v) is 9.41. The summed E-state index contributed by atoms with van der Waals surface area (Å²) in [5.74, 6) is -1.08. The highest BCUT2D eigenvalue weighted by atomic mass is 32.2. The Hall–Kier alpha value is -2.24. The number of piperidine rings is 1. The maximum absolute atomic E-state index is 12.7. The van der Waals surface area contributed by atoms with E-state index in [-0.39, 0.29) is 23.8 Å². The molecule has 0 spiro atoms. The first-order chi connectivity index (χ1) is 11.8. The molecule has 134 valence electrons. The van der Waals surface area contributed by atoms with E-state index in [0.29, 0.717) is 18.4 Å². The van der Waals surface area contributed by atoms with Gasteiger partial charge in [-0.1, -0.05) is 12.1 Å². The summed E-state index contributed by atoms with van der Waals surface area (Å²) >= 11 is 0. The molecule has 7 nitrogen and oxygen atoms in total. The first kappa shape index (κ1) is 19.1. The van der Waals surface area contributed by atoms with Crippen LogP contribution in [0, 0.1) is 17.2 Å². The number of hydrogen-bond donors (Lipinski definition) is 0. The Balaban J connectivity index is 2.07. The lowest BCUT2D eigenvalue weighted by Gasteiger charge is -2.30. The Labute approximate surface area is 147 Å². The Morgan fingerprint density at radius 2 is 1.96 bits per heavy atom. The molecule has 2 rings (SSSR count). The van der Waals surface area contributed by atoms with Crippen molar-refractivity contribution >= 4 is 21.8 Å². The van der Waals surface area contributed by atoms with E-state index in [0.717, 1.165) is 0 Å². The molecular weight excluding hydrogens is 344 g/mol. The molecule has 1 atom stereocenters. The van der Waals surface area contributed by atoms with Gasteiger partial charge in [0.25, 0.3) is 0 Å². The van der Waals surface area contributed by atoms with Gasteiger partial charge in [-0.05, 0) is 38.8 Å². The zero-order valence-corrected chi connectivity index (χ0v) is 15.0. The summed E-state index contributed by atoms with van der Waals surface area (Å²) < 4.78 is 31.7. The van der Waals surface area contributed by atoms with Crippen molar-refractivity contribution in [2.75, 3.05) is 13.1 Å². The van der Waals surface area contributed by atoms with Gasteiger partial charge in [-0.2, -0.15) is 9.57 Å². The molecule has 1 fully saturated rings. The third-order valence-corrected chi connectivity index (χ3v) is 6.03. The summed E-state index contributed by atoms with van der Waals surface area (Å²) in [4.78, 5) is 23.5. The van der Waals surface area contributed by atoms with Gasteiger partial charge in [0.15, 0.2) is 11.9 Å². The van der Waals surface area contributed by atoms with Crippen molar-refractivity contribution < 1.29 is 22.7 Å². The number of hydrogen-bond acceptors (Lipinski definition) is 6. The van der Waals surface area contributed by atoms with E-state index in [1.807, 2.05) is 6.07 Å². The number of Topliss-reactive ketones (excluding diaryl/α,β-unsaturated/α-hetero) is 1. The van der Waals surface area contributed by atoms with Gasteiger partial charge in [-0.3, -0.25) is 9.59 Å². The normalized spacial score (nSPS) is 17.5. The number of carbonyl (C=O) groups is 2. The van der Waals surface area contributed by atoms with Crippen LogP contribution in [0.15, 0.2) is 29.2 Å². The first-order valence-electron chi connectivity index (χ1n) is 7.97. The number of carbonyl (C=O) groups excluding carboxylic acids is 2. The molecule has 0 aromatic heterocycles. The number of ether oxygens (including phenoxy) is 1. The predicted octanol–water partition coefficient (Wildman–Crippen LogP) is 1.75. The highest BCUT2D eigenvalue weighted by Crippen LogP contribution is 2.25. The van der Waals surface area contributed by atoms with Gasteiger partial charge in [-0.15, -0.1) is 0 Å². The van der Waals surface area contributed by atoms with Crippen LogP contribution in [0.2, 0.25) is 0 Å². The second-order valence-corrected chi connectivity index (χ2v) is 7.91. The Morgan fingerprint density at radius 1 is 1.32 bits per heavy atom. The average Bonchev–Trinajstić information content (AvgIpc) is 2.61. The van der Waals surface area contributed by atoms with E-state index in [1.54, 1.807) is 6.07 Å². The maximum Gasteiger partial charge on any atom is 0.310 e. The van der Waals surface area contributed by atoms with Crippen LogP contribution in [0.25, 0.3) is 0 Å². The zero-order valence-electron chi connectivity index (χ0n) is 14.1. The quantitative estimate of drug-likeness (QED) is 0.582. The number of esters is 1. The van der Waals surface area contributed by atoms with Crippen LogP contribution in [0.5, 0.6) is 0 Å². The fourth-order valence-corrected chi connectivity index (χ4v) is 4.17. The molecule has 25 heavy (non-hydrogen) atoms. The number of ketones is 1. The molecule has 1 heterocycles. The van der Waals surface area contributed by atoms with E-state index in [4.69, 9.17) is 10.00 Å². The average molecular weight is 364 g/mol. The molecule has 1 aliphatic rings. The van der Waals surface area contributed by atoms with Crippen molar-refractivity contribution in [1.29, 1.82) is 5.26 Å². The number of sulfonamides is 1. The molecule has 0 amide bonds. The van der Waals surface area contributed by atoms with Crippen LogP contribution in [-0.2, 0) is 19.6 Å². The lowest BCUT2D eigenvalue weighted by atomic mass is 9.98. The minimum atomic E-state index is -3.72. The molecule has 0 N–H and O–H groups in total. The number of benzene rings is 1. The van der Waals surface area contributed by atoms with Crippen LogP contribution < -0.4 is 0 Å². The molecule has 0 bridgehead atoms. The van der Waals surface area contributed by atoms with Crippen LogP contribution in [0.3, 0.4) is 0 Å². The summed E-state index contributed by atoms with van der Waals surface area (Å²) in [6.07, 6.45) is -0.144. The van der Waals surface area contributed by atoms with Gasteiger partial charge in [-0.25, -0.2) is 8.42 Å². The van der Waals surface area contributed by atoms with Gasteiger partial charge >= 0.3 is 5.97 Å². The third kappa shape index (κ3) is 4.44. The SMILES string of the molecule is CC(=O)c1cccc(S(=O)(=O)N2CCC(C(=O)O[C@@H](C)C#N)CC2)c1. The van der Waals surface area contributed by atoms with Gasteiger partial charge in [0, 0.05) is 18.7 Å². The predicted molar refractivity (Wildman–Crippen MR) is 89.1 cm³/mol. The highest BCUT2D eigenvalue weighted by molar-refractivity contribution is 7.89. The summed E-state index contributed by atoms with van der Waals surface area (Å²) in [6, 6.07) is 7.76. The summed E-state index contributed by atoms with van der Waals surface area (Å²) in [6.45, 7) is 3.24. The maximum atomic E-state index is 12.7. The molecule has 1 saturated heterocycles. The van der Waals surface area contributed by atoms with E-state index in [1.165, 1.54) is 36.4 Å². The molecule has 0 aliphatic carbocycles. The Kier molecular flexibility index (Phi) is 5.93. The van der Waals surface area contributed by atoms with Gasteiger partial charge < -0.3 is 4.74 Å². The van der Waals surface area contributed by atoms with E-state index < -0.39 is 28.0 Å². The van der Waals surface area contributed by atoms with E-state index in [9.17, 15) is 18.0 Å². The van der Waals surface area contributed by atoms with Crippen LogP contribution in [-0.4, -0.2) is 43.7 Å². The second kappa shape index (κ2) is 7.76. The van der Waals surface area contributed by atoms with Gasteiger partial charge in [0.2, 0.25) is 10.0 Å². The molecule has 1 aromatic rings. The van der Waals surface area contributed by atoms with Crippen LogP contribution in [0.1, 0.15) is 37.0 Å². The van der Waals surface area contributed by atoms with Crippen LogP contribution in [0.4, 0.5) is 0 Å². The fourth-order valence-electron chi connectivity index (χ4n) is 2.65. The summed E-state index contributed by atoms with van der Waals surface area (Å²) in [5.41, 5.74) is 0.338. The van der Waals surface area contributed by atoms with E-state index in [2.05, 4.69) is 0 Å². The number of nitriles is 1. The smallest absolute Gasteiger partial charge is 0.310 e. The molecular formula is C17H20N2O5S. The van der Waals surface area contributed by atoms with Gasteiger partial charge in [0.05, 0.1) is 10.8 Å². The zero-order chi connectivity index (χ0) is 18.6. The number of nitrogens with zero attached hydrogens (tertiary/aromatic N) is 2. The minimum absolute atomic E-state index is 0.0688. The largest absolute Gasteiger partial charge is 0.447 e. The minimum Gasteiger partial charge on any atom is -0.447 e. The standard InChI is InChI=1S/C17H20N2O5S/c1-12(11-18)24-17(21)14-6-8-19(9-7-14)25(22,23)16-5-3-4-15(10-16)13(2)20/h3-5,10,12,14H,6-9H2,1-2H3/t12-/m0/s1. The monoisotopic (exact) mass is 364 g/mol. The van der Waals surface area contributed by atoms with E-state index >= 15 is 0 Å². The highest BCUT2D eigenvalue weighted by Gasteiger charge is 2.33. The van der Waals surface area contributed by atoms with Crippen molar-refractivity contribution in [3.63, 3.8) is 0 Å². The van der Waals surface area contributed by atoms with Gasteiger partial charge in [0.1, 0.15) is 6.07 Å². The fraction of sp³-hybridized carbons (Fsp3) is 0.471. The topological polar surface area (TPSA) is 105 Å². The lowest BCUT2D eigenvalue weighted by Crippen LogP contribution is -2.41. The summed E-state index contributed by atoms with van der Waals surface area (Å²) in [5, 5.41) is 8.68. The van der Waals surface area contributed by atoms with Crippen molar-refractivity contribution in [2.24, 2.45) is 5.92 Å². The molecule has 1 aromatic carbocycles. The molecule has 8 heteroatoms. The number of rotatable bonds is 5. The molecule has 1 aliphatic heterocycles. The Morgan fingerprint density at radius 3 is 2.52 bits per heavy atom. The van der Waals surface area contributed by atoms with Crippen molar-refractivity contribution in [1.82, 2.24) is 4.31 Å². The lowest BCUT2D eigenvalue weighted by molar-refractivity contribution is -0.152. The Bertz CT molecular complexity index is 805. The van der Waals surface area contributed by atoms with Crippen LogP contribution >= 0.6 is 0 Å². The molecule has 0 radical (unpaired) electrons. The summed E-state index contributed by atoms with van der Waals surface area (Å²) in [7, 11) is -3.72. The second-order valence-electron chi connectivity index (χ2n) is 5.97. The van der Waals surface area contributed by atoms with Crippen molar-refractivity contribution in [3.05, 3.63) is 29.8 Å².